The van der Waals surface area contributed by atoms with Gasteiger partial charge in [-0.2, -0.15) is 4.98 Å². The predicted octanol–water partition coefficient (Wildman–Crippen LogP) is -2.04. The zero-order chi connectivity index (χ0) is 16.7. The number of nitrogens with zero attached hydrogens (tertiary/aromatic N) is 2. The van der Waals surface area contributed by atoms with Crippen molar-refractivity contribution >= 4 is 12.0 Å². The molecule has 0 bridgehead atoms. The Morgan fingerprint density at radius 1 is 1.41 bits per heavy atom. The lowest BCUT2D eigenvalue weighted by Crippen LogP contribution is -2.51. The van der Waals surface area contributed by atoms with E-state index in [9.17, 15) is 14.7 Å². The number of carboxylic acid groups (broad SMARTS) is 1. The number of urea groups is 1. The van der Waals surface area contributed by atoms with Crippen LogP contribution in [0, 0.1) is 0 Å². The van der Waals surface area contributed by atoms with Gasteiger partial charge in [0, 0.05) is 0 Å². The minimum atomic E-state index is -1.43. The Morgan fingerprint density at radius 3 is 2.59 bits per heavy atom. The lowest BCUT2D eigenvalue weighted by molar-refractivity contribution is -0.141. The molecule has 3 atom stereocenters. The third-order valence-electron chi connectivity index (χ3n) is 2.76. The fourth-order valence-electron chi connectivity index (χ4n) is 1.52. The summed E-state index contributed by atoms with van der Waals surface area (Å²) in [5.74, 6) is -1.04. The highest BCUT2D eigenvalue weighted by atomic mass is 16.5. The molecule has 0 aromatic carbocycles. The van der Waals surface area contributed by atoms with Gasteiger partial charge in [0.15, 0.2) is 11.9 Å². The second-order valence-electron chi connectivity index (χ2n) is 4.45. The summed E-state index contributed by atoms with van der Waals surface area (Å²) in [6, 6.07) is -2.72. The largest absolute Gasteiger partial charge is 0.480 e. The van der Waals surface area contributed by atoms with Gasteiger partial charge in [-0.15, -0.1) is 0 Å². The fraction of sp³-hybridized carbons (Fsp3) is 0.636. The van der Waals surface area contributed by atoms with Gasteiger partial charge in [-0.3, -0.25) is 0 Å². The summed E-state index contributed by atoms with van der Waals surface area (Å²) in [5, 5.41) is 38.0. The van der Waals surface area contributed by atoms with Gasteiger partial charge in [-0.1, -0.05) is 5.16 Å². The number of aliphatic hydroxyl groups excluding tert-OH is 2. The number of carboxylic acids is 1. The number of hydrogen-bond acceptors (Lipinski definition) is 8. The summed E-state index contributed by atoms with van der Waals surface area (Å²) in [5.41, 5.74) is 0. The van der Waals surface area contributed by atoms with Crippen molar-refractivity contribution in [1.29, 1.82) is 0 Å². The number of nitrogens with one attached hydrogen (secondary N) is 3. The molecule has 0 fully saturated rings. The van der Waals surface area contributed by atoms with Crippen molar-refractivity contribution < 1.29 is 29.4 Å². The molecular weight excluding hydrogens is 298 g/mol. The van der Waals surface area contributed by atoms with Crippen LogP contribution in [0.15, 0.2) is 4.52 Å². The van der Waals surface area contributed by atoms with E-state index in [1.54, 1.807) is 7.05 Å². The van der Waals surface area contributed by atoms with Crippen molar-refractivity contribution in [2.24, 2.45) is 0 Å². The SMILES string of the molecule is CNC(CO)c1noc(CNC(=O)NC(C(=O)O)C(C)O)n1. The number of likely N-dealkylation sites (N-methyl/N-ethyl adjacent to an activating group) is 1. The van der Waals surface area contributed by atoms with Crippen LogP contribution in [0.2, 0.25) is 0 Å². The highest BCUT2D eigenvalue weighted by Gasteiger charge is 2.25. The van der Waals surface area contributed by atoms with E-state index in [0.717, 1.165) is 0 Å². The number of aliphatic carboxylic acids is 1. The molecule has 0 saturated heterocycles. The second-order valence-corrected chi connectivity index (χ2v) is 4.45. The van der Waals surface area contributed by atoms with Crippen LogP contribution in [-0.4, -0.2) is 63.3 Å². The molecule has 3 unspecified atom stereocenters. The smallest absolute Gasteiger partial charge is 0.328 e. The second kappa shape index (κ2) is 8.26. The summed E-state index contributed by atoms with van der Waals surface area (Å²) < 4.78 is 4.88. The van der Waals surface area contributed by atoms with E-state index in [-0.39, 0.29) is 24.9 Å². The van der Waals surface area contributed by atoms with Crippen molar-refractivity contribution in [2.45, 2.75) is 31.7 Å². The number of hydrogen-bond donors (Lipinski definition) is 6. The molecule has 2 amide bonds. The van der Waals surface area contributed by atoms with Crippen LogP contribution in [-0.2, 0) is 11.3 Å². The minimum Gasteiger partial charge on any atom is -0.480 e. The van der Waals surface area contributed by atoms with E-state index in [4.69, 9.17) is 14.7 Å². The molecule has 124 valence electrons. The maximum Gasteiger partial charge on any atom is 0.328 e. The summed E-state index contributed by atoms with van der Waals surface area (Å²) >= 11 is 0. The zero-order valence-electron chi connectivity index (χ0n) is 12.1. The molecule has 11 nitrogen and oxygen atoms in total. The highest BCUT2D eigenvalue weighted by molar-refractivity contribution is 5.82. The quantitative estimate of drug-likeness (QED) is 0.316. The normalized spacial score (nSPS) is 14.9. The monoisotopic (exact) mass is 317 g/mol. The maximum absolute atomic E-state index is 11.5. The number of aromatic nitrogens is 2. The molecule has 6 N–H and O–H groups in total. The summed E-state index contributed by atoms with van der Waals surface area (Å²) in [7, 11) is 1.62. The number of amides is 2. The molecule has 0 aliphatic heterocycles. The Hall–Kier alpha value is -2.24. The third kappa shape index (κ3) is 4.95. The Morgan fingerprint density at radius 2 is 2.09 bits per heavy atom. The summed E-state index contributed by atoms with van der Waals surface area (Å²) in [6.07, 6.45) is -1.25. The van der Waals surface area contributed by atoms with Gasteiger partial charge in [0.25, 0.3) is 0 Å². The van der Waals surface area contributed by atoms with Crippen LogP contribution in [0.5, 0.6) is 0 Å². The lowest BCUT2D eigenvalue weighted by Gasteiger charge is -2.16. The Bertz CT molecular complexity index is 501. The van der Waals surface area contributed by atoms with Gasteiger partial charge in [0.2, 0.25) is 5.89 Å². The van der Waals surface area contributed by atoms with Gasteiger partial charge >= 0.3 is 12.0 Å². The molecule has 0 aliphatic rings. The van der Waals surface area contributed by atoms with Crippen LogP contribution in [0.1, 0.15) is 24.7 Å². The van der Waals surface area contributed by atoms with Crippen molar-refractivity contribution in [3.63, 3.8) is 0 Å². The molecule has 0 radical (unpaired) electrons. The van der Waals surface area contributed by atoms with Crippen LogP contribution in [0.3, 0.4) is 0 Å². The Labute approximate surface area is 125 Å². The lowest BCUT2D eigenvalue weighted by atomic mass is 10.2. The van der Waals surface area contributed by atoms with Crippen molar-refractivity contribution in [1.82, 2.24) is 26.1 Å². The van der Waals surface area contributed by atoms with E-state index in [2.05, 4.69) is 26.1 Å². The van der Waals surface area contributed by atoms with Crippen molar-refractivity contribution in [2.75, 3.05) is 13.7 Å². The van der Waals surface area contributed by atoms with Crippen LogP contribution in [0.4, 0.5) is 4.79 Å². The first kappa shape index (κ1) is 17.8. The van der Waals surface area contributed by atoms with Crippen LogP contribution in [0.25, 0.3) is 0 Å². The molecule has 1 rings (SSSR count). The zero-order valence-corrected chi connectivity index (χ0v) is 12.1. The Kier molecular flexibility index (Phi) is 6.69. The summed E-state index contributed by atoms with van der Waals surface area (Å²) in [4.78, 5) is 26.3. The first-order chi connectivity index (χ1) is 10.4. The van der Waals surface area contributed by atoms with E-state index in [0.29, 0.717) is 0 Å². The van der Waals surface area contributed by atoms with Gasteiger partial charge in [0.05, 0.1) is 25.3 Å². The molecule has 1 aromatic heterocycles. The van der Waals surface area contributed by atoms with E-state index in [1.165, 1.54) is 6.92 Å². The summed E-state index contributed by atoms with van der Waals surface area (Å²) in [6.45, 7) is 0.890. The van der Waals surface area contributed by atoms with E-state index >= 15 is 0 Å². The van der Waals surface area contributed by atoms with Gasteiger partial charge in [-0.05, 0) is 14.0 Å². The standard InChI is InChI=1S/C11H19N5O6/c1-5(18)8(10(19)20)15-11(21)13-3-7-14-9(16-22-7)6(4-17)12-2/h5-6,8,12,17-18H,3-4H2,1-2H3,(H,19,20)(H2,13,15,21). The number of carbonyl (C=O) groups is 2. The highest BCUT2D eigenvalue weighted by Crippen LogP contribution is 2.07. The van der Waals surface area contributed by atoms with Gasteiger partial charge in [0.1, 0.15) is 0 Å². The molecular formula is C11H19N5O6. The molecule has 0 spiro atoms. The Balaban J connectivity index is 2.52. The topological polar surface area (TPSA) is 170 Å². The van der Waals surface area contributed by atoms with Gasteiger partial charge < -0.3 is 35.8 Å². The third-order valence-corrected chi connectivity index (χ3v) is 2.76. The first-order valence-electron chi connectivity index (χ1n) is 6.44. The van der Waals surface area contributed by atoms with E-state index < -0.39 is 30.2 Å². The minimum absolute atomic E-state index is 0.0859. The average molecular weight is 317 g/mol. The fourth-order valence-corrected chi connectivity index (χ4v) is 1.52. The van der Waals surface area contributed by atoms with Crippen LogP contribution >= 0.6 is 0 Å². The molecule has 22 heavy (non-hydrogen) atoms. The van der Waals surface area contributed by atoms with Crippen LogP contribution < -0.4 is 16.0 Å². The van der Waals surface area contributed by atoms with Crippen molar-refractivity contribution in [3.05, 3.63) is 11.7 Å². The number of carbonyl (C=O) groups excluding carboxylic acids is 1. The molecule has 0 saturated carbocycles. The first-order valence-corrected chi connectivity index (χ1v) is 6.44. The molecule has 0 aliphatic carbocycles. The molecule has 1 aromatic rings. The molecule has 1 heterocycles. The average Bonchev–Trinajstić information content (AvgIpc) is 2.92. The van der Waals surface area contributed by atoms with E-state index in [1.807, 2.05) is 0 Å². The molecule has 11 heteroatoms. The van der Waals surface area contributed by atoms with Crippen molar-refractivity contribution in [3.8, 4) is 0 Å². The van der Waals surface area contributed by atoms with Gasteiger partial charge in [-0.25, -0.2) is 9.59 Å². The maximum atomic E-state index is 11.5. The number of rotatable bonds is 8. The number of aliphatic hydroxyl groups is 2. The predicted molar refractivity (Wildman–Crippen MR) is 71.7 cm³/mol.